The van der Waals surface area contributed by atoms with E-state index in [0.29, 0.717) is 0 Å². The summed E-state index contributed by atoms with van der Waals surface area (Å²) in [5.74, 6) is -3.25. The van der Waals surface area contributed by atoms with E-state index >= 15 is 0 Å². The van der Waals surface area contributed by atoms with Gasteiger partial charge in [0.15, 0.2) is 25.1 Å². The number of aromatic nitrogens is 2. The fourth-order valence-electron chi connectivity index (χ4n) is 6.18. The number of rotatable bonds is 9. The maximum atomic E-state index is 13.3. The van der Waals surface area contributed by atoms with Gasteiger partial charge in [-0.05, 0) is 16.1 Å². The van der Waals surface area contributed by atoms with Gasteiger partial charge in [0.25, 0.3) is 5.91 Å². The van der Waals surface area contributed by atoms with Crippen molar-refractivity contribution in [3.63, 3.8) is 0 Å². The molecule has 2 aliphatic heterocycles. The van der Waals surface area contributed by atoms with Crippen molar-refractivity contribution >= 4 is 210 Å². The number of ether oxygens (including phenoxy) is 1. The Morgan fingerprint density at radius 1 is 0.702 bits per heavy atom. The van der Waals surface area contributed by atoms with E-state index in [4.69, 9.17) is 175 Å². The summed E-state index contributed by atoms with van der Waals surface area (Å²) in [5.41, 5.74) is -21.7. The molecule has 0 saturated carbocycles. The summed E-state index contributed by atoms with van der Waals surface area (Å²) in [5, 5.41) is 54.2. The van der Waals surface area contributed by atoms with Gasteiger partial charge in [0.2, 0.25) is 0 Å². The Labute approximate surface area is 356 Å². The predicted octanol–water partition coefficient (Wildman–Crippen LogP) is -15.3. The maximum Gasteiger partial charge on any atom is 0.319 e. The molecule has 2 aromatic rings. The number of carbonyl (C=O) groups excluding carboxylic acids is 1. The molecule has 42 radical (unpaired) electrons. The van der Waals surface area contributed by atoms with Gasteiger partial charge in [-0.15, -0.1) is 16.0 Å². The molecule has 0 aliphatic carbocycles. The number of hydrogen-bond donors (Lipinski definition) is 8. The molecule has 1 saturated heterocycles. The number of amides is 1. The molecule has 2 aliphatic rings. The van der Waals surface area contributed by atoms with Crippen LogP contribution in [0.3, 0.4) is 0 Å². The minimum Gasteiger partial charge on any atom is -0.475 e. The van der Waals surface area contributed by atoms with Crippen LogP contribution in [0.15, 0.2) is 0 Å². The molecule has 0 bridgehead atoms. The molecular formula is C22H9B21N6O8. The lowest BCUT2D eigenvalue weighted by molar-refractivity contribution is -0.221. The van der Waals surface area contributed by atoms with E-state index in [2.05, 4.69) is 15.3 Å². The molecule has 3 heterocycles. The van der Waals surface area contributed by atoms with E-state index in [9.17, 15) is 35.4 Å². The van der Waals surface area contributed by atoms with Gasteiger partial charge >= 0.3 is 6.01 Å². The number of aliphatic hydroxyl groups is 6. The van der Waals surface area contributed by atoms with Crippen molar-refractivity contribution in [2.45, 2.75) is 59.8 Å². The number of hydrogen-bond acceptors (Lipinski definition) is 13. The Hall–Kier alpha value is -1.75. The van der Waals surface area contributed by atoms with E-state index in [1.165, 1.54) is 0 Å². The van der Waals surface area contributed by atoms with Gasteiger partial charge < -0.3 is 51.3 Å². The van der Waals surface area contributed by atoms with Gasteiger partial charge in [0.05, 0.1) is 64.0 Å². The van der Waals surface area contributed by atoms with Crippen LogP contribution in [0, 0.1) is 0 Å². The van der Waals surface area contributed by atoms with Gasteiger partial charge in [-0.3, -0.25) is 4.79 Å². The second-order valence-corrected chi connectivity index (χ2v) is 13.9. The quantitative estimate of drug-likeness (QED) is 0.114. The second-order valence-electron chi connectivity index (χ2n) is 13.9. The molecule has 1 aromatic heterocycles. The zero-order chi connectivity index (χ0) is 44.8. The molecule has 1 amide bonds. The molecule has 1 fully saturated rings. The minimum atomic E-state index is -3.72. The Morgan fingerprint density at radius 3 is 1.61 bits per heavy atom. The maximum absolute atomic E-state index is 13.3. The third kappa shape index (κ3) is 6.31. The first-order valence-corrected chi connectivity index (χ1v) is 15.3. The standard InChI is InChI=1S/C22H9B21N6O8/c23-3-1(4(24)6(26)5(25)2(3)13(29,51)49-21(42,55)16(33,34)18(36,54)22(49,43)56)12(27,28)48-9-7(45-10(50)14(48,30)52)8(44)46-11(47-9)57-20(40,41)17(35,53)15(31,32)19(37,38)39/h51-56H,(H,45,50)(H2,44,46,47). The monoisotopic (exact) mass is 716 g/mol. The first-order chi connectivity index (χ1) is 25.0. The molecular weight excluding hydrogens is 703 g/mol. The van der Waals surface area contributed by atoms with E-state index in [1.54, 1.807) is 0 Å². The van der Waals surface area contributed by atoms with Crippen molar-refractivity contribution in [2.24, 2.45) is 0 Å². The molecule has 238 valence electrons. The molecule has 1 aromatic carbocycles. The lowest BCUT2D eigenvalue weighted by atomic mass is 9.16. The third-order valence-electron chi connectivity index (χ3n) is 9.85. The summed E-state index contributed by atoms with van der Waals surface area (Å²) in [6, 6.07) is -1.12. The summed E-state index contributed by atoms with van der Waals surface area (Å²) >= 11 is 0. The topological polar surface area (TPSA) is 218 Å². The van der Waals surface area contributed by atoms with Crippen LogP contribution in [-0.4, -0.2) is 249 Å². The number of benzene rings is 1. The highest BCUT2D eigenvalue weighted by Gasteiger charge is 2.72. The zero-order valence-corrected chi connectivity index (χ0v) is 29.5. The van der Waals surface area contributed by atoms with Gasteiger partial charge in [0, 0.05) is 39.9 Å². The van der Waals surface area contributed by atoms with E-state index in [-0.39, 0.29) is 9.80 Å². The normalized spacial score (nSPS) is 29.1. The van der Waals surface area contributed by atoms with Crippen LogP contribution >= 0.6 is 0 Å². The summed E-state index contributed by atoms with van der Waals surface area (Å²) in [7, 11) is 125. The van der Waals surface area contributed by atoms with Gasteiger partial charge in [-0.2, -0.15) is 9.97 Å². The molecule has 0 spiro atoms. The third-order valence-corrected chi connectivity index (χ3v) is 9.85. The molecule has 6 unspecified atom stereocenters. The fraction of sp³-hybridized carbons (Fsp3) is 0.500. The van der Waals surface area contributed by atoms with E-state index in [0.717, 1.165) is 0 Å². The van der Waals surface area contributed by atoms with Crippen LogP contribution in [0.4, 0.5) is 17.3 Å². The second kappa shape index (κ2) is 13.4. The first-order valence-electron chi connectivity index (χ1n) is 15.3. The highest BCUT2D eigenvalue weighted by Crippen LogP contribution is 2.58. The number of anilines is 3. The number of nitrogens with one attached hydrogen (secondary N) is 1. The molecule has 4 rings (SSSR count). The van der Waals surface area contributed by atoms with Crippen molar-refractivity contribution in [1.82, 2.24) is 14.9 Å². The minimum absolute atomic E-state index is 0.151. The SMILES string of the molecule is [B]c1c([B])c(C([B])([B])N2c3nc(OC([B])([B])C([B])(O)C([B])([B])C([B])([B])[B])nc(N)c3NC(=O)C2([B])O)c([B])c(C([B])(O)N2C([B])(O)C([B])([B])C([B])(O)C2([B])O)c1[B]. The Bertz CT molecular complexity index is 2000. The number of fused-ring (bicyclic) bond motifs is 1. The average molecular weight is 712 g/mol. The smallest absolute Gasteiger partial charge is 0.319 e. The van der Waals surface area contributed by atoms with Crippen LogP contribution in [0.2, 0.25) is 15.5 Å². The summed E-state index contributed by atoms with van der Waals surface area (Å²) in [6.07, 6.45) is 0. The molecule has 57 heavy (non-hydrogen) atoms. The Kier molecular flexibility index (Phi) is 11.2. The van der Waals surface area contributed by atoms with Crippen LogP contribution in [0.1, 0.15) is 11.1 Å². The van der Waals surface area contributed by atoms with Crippen LogP contribution in [-0.2, 0) is 15.8 Å². The van der Waals surface area contributed by atoms with Gasteiger partial charge in [-0.1, -0.05) is 21.7 Å². The summed E-state index contributed by atoms with van der Waals surface area (Å²) in [6.45, 7) is 0. The van der Waals surface area contributed by atoms with Crippen molar-refractivity contribution < 1.29 is 40.2 Å². The molecule has 9 N–H and O–H groups in total. The van der Waals surface area contributed by atoms with Crippen LogP contribution in [0.5, 0.6) is 6.01 Å². The fourth-order valence-corrected chi connectivity index (χ4v) is 6.18. The van der Waals surface area contributed by atoms with Gasteiger partial charge in [0.1, 0.15) is 92.0 Å². The van der Waals surface area contributed by atoms with Crippen LogP contribution < -0.4 is 42.5 Å². The van der Waals surface area contributed by atoms with Crippen molar-refractivity contribution in [2.75, 3.05) is 16.0 Å². The average Bonchev–Trinajstić information content (AvgIpc) is 3.06. The highest BCUT2D eigenvalue weighted by atomic mass is 16.5. The number of likely N-dealkylation sites (tertiary alicyclic amines) is 1. The number of nitrogens with two attached hydrogens (primary N) is 1. The van der Waals surface area contributed by atoms with Crippen molar-refractivity contribution in [3.05, 3.63) is 11.1 Å². The van der Waals surface area contributed by atoms with E-state index in [1.807, 2.05) is 0 Å². The van der Waals surface area contributed by atoms with Crippen LogP contribution in [0.25, 0.3) is 0 Å². The zero-order valence-electron chi connectivity index (χ0n) is 29.5. The molecule has 14 nitrogen and oxygen atoms in total. The Morgan fingerprint density at radius 2 is 1.18 bits per heavy atom. The number of nitrogen functional groups attached to an aromatic ring is 1. The predicted molar refractivity (Wildman–Crippen MR) is 227 cm³/mol. The van der Waals surface area contributed by atoms with Crippen molar-refractivity contribution in [3.8, 4) is 6.01 Å². The van der Waals surface area contributed by atoms with E-state index < -0.39 is 122 Å². The number of nitrogens with zero attached hydrogens (tertiary/aromatic N) is 4. The Balaban J connectivity index is 2.03. The van der Waals surface area contributed by atoms with Gasteiger partial charge in [-0.25, -0.2) is 4.90 Å². The largest absolute Gasteiger partial charge is 0.475 e. The summed E-state index contributed by atoms with van der Waals surface area (Å²) in [4.78, 5) is 20.8. The van der Waals surface area contributed by atoms with Crippen molar-refractivity contribution in [1.29, 1.82) is 0 Å². The first kappa shape index (κ1) is 47.9. The lowest BCUT2D eigenvalue weighted by Gasteiger charge is -2.59. The lowest BCUT2D eigenvalue weighted by Crippen LogP contribution is -2.73. The summed E-state index contributed by atoms with van der Waals surface area (Å²) < 4.78 is 5.28. The number of carbonyl (C=O) groups is 1. The molecule has 35 heteroatoms. The molecule has 6 atom stereocenters. The highest BCUT2D eigenvalue weighted by molar-refractivity contribution is 6.69.